The summed E-state index contributed by atoms with van der Waals surface area (Å²) < 4.78 is 48.3. The van der Waals surface area contributed by atoms with Crippen molar-refractivity contribution in [2.24, 2.45) is 0 Å². The lowest BCUT2D eigenvalue weighted by atomic mass is 9.82. The van der Waals surface area contributed by atoms with Gasteiger partial charge in [-0.2, -0.15) is 35.9 Å². The fourth-order valence-electron chi connectivity index (χ4n) is 17.3. The number of fused-ring (bicyclic) bond motifs is 18. The molecule has 6 aromatic heterocycles. The van der Waals surface area contributed by atoms with Crippen LogP contribution in [0.5, 0.6) is 0 Å². The number of aromatic nitrogens is 9. The first-order valence-electron chi connectivity index (χ1n) is 39.2. The lowest BCUT2D eigenvalue weighted by Gasteiger charge is -2.21. The summed E-state index contributed by atoms with van der Waals surface area (Å²) in [5, 5.41) is 54.7. The quantitative estimate of drug-likeness (QED) is 0.163. The Morgan fingerprint density at radius 1 is 0.273 bits per heavy atom. The molecule has 0 unspecified atom stereocenters. The molecule has 22 aromatic rings. The summed E-state index contributed by atoms with van der Waals surface area (Å²) in [6.07, 6.45) is 10.8. The van der Waals surface area contributed by atoms with E-state index in [2.05, 4.69) is 289 Å². The van der Waals surface area contributed by atoms with Crippen LogP contribution in [0.3, 0.4) is 0 Å². The zero-order valence-corrected chi connectivity index (χ0v) is 59.6. The Morgan fingerprint density at radius 2 is 0.618 bits per heavy atom. The first-order valence-corrected chi connectivity index (χ1v) is 36.7. The summed E-state index contributed by atoms with van der Waals surface area (Å²) in [6.45, 7) is 4.65. The van der Waals surface area contributed by atoms with Crippen LogP contribution in [0.15, 0.2) is 353 Å². The van der Waals surface area contributed by atoms with E-state index < -0.39 is 6.04 Å². The minimum absolute atomic E-state index is 0.0113. The summed E-state index contributed by atoms with van der Waals surface area (Å²) in [4.78, 5) is 0. The maximum atomic E-state index is 9.18. The predicted molar refractivity (Wildman–Crippen MR) is 453 cm³/mol. The number of nitrogens with zero attached hydrogens (tertiary/aromatic N) is 10. The average Bonchev–Trinajstić information content (AvgIpc) is 1.63. The maximum absolute atomic E-state index is 9.18. The molecule has 6 heterocycles. The lowest BCUT2D eigenvalue weighted by molar-refractivity contribution is 0.660. The zero-order chi connectivity index (χ0) is 77.5. The van der Waals surface area contributed by atoms with Crippen molar-refractivity contribution in [3.05, 3.63) is 369 Å². The molecule has 514 valence electrons. The Labute approximate surface area is 638 Å². The van der Waals surface area contributed by atoms with E-state index in [1.165, 1.54) is 87.5 Å². The van der Waals surface area contributed by atoms with Gasteiger partial charge in [0, 0.05) is 70.0 Å². The smallest absolute Gasteiger partial charge is 0.0991 e. The van der Waals surface area contributed by atoms with Crippen molar-refractivity contribution in [2.45, 2.75) is 19.3 Å². The van der Waals surface area contributed by atoms with Gasteiger partial charge in [-0.3, -0.25) is 0 Å². The second kappa shape index (κ2) is 25.5. The van der Waals surface area contributed by atoms with Crippen molar-refractivity contribution in [3.8, 4) is 67.6 Å². The van der Waals surface area contributed by atoms with E-state index in [1.807, 2.05) is 85.5 Å². The van der Waals surface area contributed by atoms with Crippen LogP contribution in [0, 0.1) is 11.3 Å². The number of nitriles is 1. The topological polar surface area (TPSA) is 116 Å². The van der Waals surface area contributed by atoms with Gasteiger partial charge in [0.2, 0.25) is 0 Å². The van der Waals surface area contributed by atoms with Gasteiger partial charge >= 0.3 is 0 Å². The molecule has 1 aliphatic rings. The maximum Gasteiger partial charge on any atom is 0.0991 e. The molecule has 0 spiro atoms. The molecular formula is C100H64N10. The zero-order valence-electron chi connectivity index (χ0n) is 64.6. The van der Waals surface area contributed by atoms with Crippen LogP contribution in [-0.2, 0) is 5.41 Å². The van der Waals surface area contributed by atoms with Crippen LogP contribution in [0.2, 0.25) is 0 Å². The molecule has 0 N–H and O–H groups in total. The molecule has 0 atom stereocenters. The first kappa shape index (κ1) is 58.5. The molecule has 0 bridgehead atoms. The Hall–Kier alpha value is -14.8. The van der Waals surface area contributed by atoms with E-state index in [0.717, 1.165) is 98.7 Å². The number of rotatable bonds is 6. The largest absolute Gasteiger partial charge is 0.309 e. The average molecular weight is 1410 g/mol. The van der Waals surface area contributed by atoms with Gasteiger partial charge in [0.15, 0.2) is 0 Å². The molecule has 1 aliphatic carbocycles. The van der Waals surface area contributed by atoms with E-state index in [0.29, 0.717) is 16.5 Å². The van der Waals surface area contributed by atoms with Gasteiger partial charge < -0.3 is 13.7 Å². The van der Waals surface area contributed by atoms with Crippen LogP contribution in [0.25, 0.3) is 192 Å². The van der Waals surface area contributed by atoms with Crippen molar-refractivity contribution in [3.63, 3.8) is 0 Å². The second-order valence-electron chi connectivity index (χ2n) is 28.7. The van der Waals surface area contributed by atoms with Gasteiger partial charge in [0.1, 0.15) is 0 Å². The number of hydrogen-bond donors (Lipinski definition) is 0. The minimum atomic E-state index is -0.415. The standard InChI is InChI=1S/C39H27N3.C31H18N4.C30H19N3/c1-39(2)34-13-7-5-11-28(34)30-20-26(15-17-35(30)39)27-16-18-37(33-23-41-40-22-32(27)33)42-36-14-8-6-12-29(36)31-19-24-9-3-4-10-25(24)21-38(31)42;32-17-20-9-11-21(12-10-20)24-13-14-30(28-19-34-33-18-27(24)28)35-29-8-4-3-7-25(29)26-15-22-5-1-2-6-23(22)16-31(26)35;1-2-8-20(9-3-1)23-14-15-29(27-19-32-31-18-26(23)27)33-28-13-7-6-12-24(28)25-16-21-10-4-5-11-22(21)17-30(25)33/h3-23H,1-2H3;1-16,18-19H;1-19H/i;;1D,2D,3D,8D,9D. The highest BCUT2D eigenvalue weighted by Crippen LogP contribution is 2.51. The van der Waals surface area contributed by atoms with Crippen LogP contribution in [0.4, 0.5) is 0 Å². The molecule has 10 nitrogen and oxygen atoms in total. The third kappa shape index (κ3) is 10.2. The van der Waals surface area contributed by atoms with Crippen LogP contribution in [-0.4, -0.2) is 44.3 Å². The van der Waals surface area contributed by atoms with Crippen molar-refractivity contribution in [1.29, 1.82) is 5.26 Å². The van der Waals surface area contributed by atoms with Crippen LogP contribution in [0.1, 0.15) is 37.4 Å². The molecule has 0 saturated heterocycles. The van der Waals surface area contributed by atoms with Gasteiger partial charge in [0.05, 0.1) is 106 Å². The van der Waals surface area contributed by atoms with E-state index in [9.17, 15) is 5.26 Å². The molecule has 110 heavy (non-hydrogen) atoms. The first-order chi connectivity index (χ1) is 56.4. The second-order valence-corrected chi connectivity index (χ2v) is 28.7. The lowest BCUT2D eigenvalue weighted by Crippen LogP contribution is -2.14. The highest BCUT2D eigenvalue weighted by atomic mass is 15.1. The van der Waals surface area contributed by atoms with Gasteiger partial charge in [-0.1, -0.05) is 238 Å². The van der Waals surface area contributed by atoms with Gasteiger partial charge in [0.25, 0.3) is 0 Å². The fourth-order valence-corrected chi connectivity index (χ4v) is 17.3. The minimum Gasteiger partial charge on any atom is -0.309 e. The summed E-state index contributed by atoms with van der Waals surface area (Å²) in [5.41, 5.74) is 21.0. The van der Waals surface area contributed by atoms with Gasteiger partial charge in [-0.05, 0) is 179 Å². The summed E-state index contributed by atoms with van der Waals surface area (Å²) in [6, 6.07) is 101. The molecule has 0 fully saturated rings. The number of benzene rings is 16. The fraction of sp³-hybridized carbons (Fsp3) is 0.0300. The predicted octanol–water partition coefficient (Wildman–Crippen LogP) is 24.8. The summed E-state index contributed by atoms with van der Waals surface area (Å²) in [7, 11) is 0. The molecule has 16 aromatic carbocycles. The molecular weight excluding hydrogens is 1340 g/mol. The van der Waals surface area contributed by atoms with E-state index in [1.54, 1.807) is 12.4 Å². The molecule has 0 amide bonds. The van der Waals surface area contributed by atoms with Gasteiger partial charge in [-0.25, -0.2) is 0 Å². The van der Waals surface area contributed by atoms with E-state index in [4.69, 9.17) is 6.85 Å². The molecule has 23 rings (SSSR count). The van der Waals surface area contributed by atoms with Crippen LogP contribution < -0.4 is 0 Å². The third-order valence-electron chi connectivity index (χ3n) is 22.4. The number of hydrogen-bond acceptors (Lipinski definition) is 7. The summed E-state index contributed by atoms with van der Waals surface area (Å²) in [5.74, 6) is 0. The normalized spacial score (nSPS) is 13.0. The van der Waals surface area contributed by atoms with Crippen LogP contribution >= 0.6 is 0 Å². The van der Waals surface area contributed by atoms with Crippen molar-refractivity contribution >= 4 is 130 Å². The molecule has 10 heteroatoms. The SMILES string of the molecule is CC1(C)c2ccccc2-c2cc(-c3ccc(-n4c5ccccc5c5cc6ccccc6cc54)c4cnncc34)ccc21.N#Cc1ccc(-c2ccc(-n3c4ccccc4c4cc5ccccc5cc43)c3cnncc23)cc1.[2H]c1c([2H])c([2H])c(-c2ccc(-n3c4ccccc4c4cc5ccccc5cc43)c3cnncc23)c([2H])c1[2H]. The Kier molecular flexibility index (Phi) is 13.5. The highest BCUT2D eigenvalue weighted by Gasteiger charge is 2.35. The molecule has 0 saturated carbocycles. The van der Waals surface area contributed by atoms with E-state index in [-0.39, 0.29) is 35.1 Å². The monoisotopic (exact) mass is 1410 g/mol. The third-order valence-corrected chi connectivity index (χ3v) is 22.4. The van der Waals surface area contributed by atoms with E-state index >= 15 is 0 Å². The molecule has 0 radical (unpaired) electrons. The van der Waals surface area contributed by atoms with Crippen molar-refractivity contribution in [1.82, 2.24) is 44.3 Å². The summed E-state index contributed by atoms with van der Waals surface area (Å²) >= 11 is 0. The molecule has 0 aliphatic heterocycles. The highest BCUT2D eigenvalue weighted by molar-refractivity contribution is 6.18. The van der Waals surface area contributed by atoms with Crippen molar-refractivity contribution in [2.75, 3.05) is 0 Å². The van der Waals surface area contributed by atoms with Gasteiger partial charge in [-0.15, -0.1) is 0 Å². The Balaban J connectivity index is 0.000000109. The van der Waals surface area contributed by atoms with Crippen molar-refractivity contribution < 1.29 is 6.85 Å². The Bertz CT molecular complexity index is 7900. The Morgan fingerprint density at radius 3 is 1.05 bits per heavy atom. The number of para-hydroxylation sites is 3.